The van der Waals surface area contributed by atoms with E-state index in [4.69, 9.17) is 23.2 Å². The van der Waals surface area contributed by atoms with E-state index in [1.165, 1.54) is 4.90 Å². The quantitative estimate of drug-likeness (QED) is 0.433. The summed E-state index contributed by atoms with van der Waals surface area (Å²) in [4.78, 5) is 42.6. The van der Waals surface area contributed by atoms with Gasteiger partial charge in [-0.2, -0.15) is 0 Å². The molecule has 2 saturated heterocycles. The van der Waals surface area contributed by atoms with Crippen molar-refractivity contribution < 1.29 is 19.5 Å². The monoisotopic (exact) mass is 535 g/mol. The summed E-state index contributed by atoms with van der Waals surface area (Å²) in [6.07, 6.45) is -0.692. The van der Waals surface area contributed by atoms with Crippen molar-refractivity contribution in [2.24, 2.45) is 11.8 Å². The zero-order valence-electron chi connectivity index (χ0n) is 19.5. The van der Waals surface area contributed by atoms with Crippen LogP contribution in [0.1, 0.15) is 22.8 Å². The van der Waals surface area contributed by atoms with Crippen LogP contribution in [-0.2, 0) is 26.3 Å². The molecule has 3 heterocycles. The maximum atomic E-state index is 13.9. The van der Waals surface area contributed by atoms with E-state index in [-0.39, 0.29) is 6.54 Å². The van der Waals surface area contributed by atoms with Crippen molar-refractivity contribution in [2.75, 3.05) is 11.9 Å². The fourth-order valence-corrected chi connectivity index (χ4v) is 6.30. The van der Waals surface area contributed by atoms with Gasteiger partial charge in [0.15, 0.2) is 0 Å². The molecule has 188 valence electrons. The van der Waals surface area contributed by atoms with Crippen LogP contribution in [0, 0.1) is 11.8 Å². The average molecular weight is 536 g/mol. The third-order valence-corrected chi connectivity index (χ3v) is 8.21. The van der Waals surface area contributed by atoms with Gasteiger partial charge in [-0.1, -0.05) is 65.7 Å². The Morgan fingerprint density at radius 2 is 1.62 bits per heavy atom. The maximum Gasteiger partial charge on any atom is 0.250 e. The molecule has 1 spiro atoms. The van der Waals surface area contributed by atoms with Crippen molar-refractivity contribution in [3.8, 4) is 0 Å². The van der Waals surface area contributed by atoms with Gasteiger partial charge in [-0.05, 0) is 47.9 Å². The third-order valence-electron chi connectivity index (χ3n) is 7.72. The number of halogens is 2. The maximum absolute atomic E-state index is 13.9. The van der Waals surface area contributed by atoms with Gasteiger partial charge in [-0.15, -0.1) is 0 Å². The number of nitrogens with one attached hydrogen (secondary N) is 2. The number of nitrogens with zero attached hydrogens (tertiary/aromatic N) is 1. The largest absolute Gasteiger partial charge is 0.387 e. The molecule has 7 nitrogen and oxygen atoms in total. The van der Waals surface area contributed by atoms with Crippen LogP contribution in [0.15, 0.2) is 72.8 Å². The molecule has 6 rings (SSSR count). The number of benzene rings is 3. The van der Waals surface area contributed by atoms with Gasteiger partial charge < -0.3 is 10.4 Å². The molecule has 3 aromatic rings. The molecule has 0 unspecified atom stereocenters. The number of fused-ring (bicyclic) bond motifs is 4. The summed E-state index contributed by atoms with van der Waals surface area (Å²) < 4.78 is 0. The van der Waals surface area contributed by atoms with Gasteiger partial charge in [-0.25, -0.2) is 0 Å². The molecule has 0 radical (unpaired) electrons. The van der Waals surface area contributed by atoms with Crippen LogP contribution in [-0.4, -0.2) is 40.3 Å². The SMILES string of the molecule is O=C1[C@H]2[C@@H]([C@H](O)c3ccc(Cl)cc3)N[C@@]3(C(=O)Nc4ccc(Cl)cc43)[C@H]2C(=O)N1CCc1ccccc1. The molecule has 0 saturated carbocycles. The molecule has 3 aliphatic rings. The minimum Gasteiger partial charge on any atom is -0.387 e. The highest BCUT2D eigenvalue weighted by molar-refractivity contribution is 6.31. The highest BCUT2D eigenvalue weighted by Gasteiger charge is 2.71. The summed E-state index contributed by atoms with van der Waals surface area (Å²) in [5, 5.41) is 18.4. The van der Waals surface area contributed by atoms with E-state index in [1.54, 1.807) is 42.5 Å². The number of anilines is 1. The highest BCUT2D eigenvalue weighted by Crippen LogP contribution is 2.55. The van der Waals surface area contributed by atoms with Crippen molar-refractivity contribution in [2.45, 2.75) is 24.1 Å². The topological polar surface area (TPSA) is 98.7 Å². The Kier molecular flexibility index (Phi) is 5.84. The van der Waals surface area contributed by atoms with Crippen molar-refractivity contribution in [3.63, 3.8) is 0 Å². The Balaban J connectivity index is 1.43. The number of imide groups is 1. The van der Waals surface area contributed by atoms with Crippen LogP contribution in [0.25, 0.3) is 0 Å². The normalized spacial score (nSPS) is 26.9. The Morgan fingerprint density at radius 3 is 2.35 bits per heavy atom. The molecule has 3 aliphatic heterocycles. The van der Waals surface area contributed by atoms with E-state index in [9.17, 15) is 19.5 Å². The van der Waals surface area contributed by atoms with Crippen molar-refractivity contribution in [3.05, 3.63) is 99.5 Å². The van der Waals surface area contributed by atoms with Crippen LogP contribution in [0.2, 0.25) is 10.0 Å². The number of hydrogen-bond donors (Lipinski definition) is 3. The van der Waals surface area contributed by atoms with Crippen molar-refractivity contribution in [1.82, 2.24) is 10.2 Å². The number of hydrogen-bond acceptors (Lipinski definition) is 5. The lowest BCUT2D eigenvalue weighted by Gasteiger charge is -2.30. The first-order valence-electron chi connectivity index (χ1n) is 12.0. The molecule has 3 amide bonds. The first-order valence-corrected chi connectivity index (χ1v) is 12.8. The van der Waals surface area contributed by atoms with Gasteiger partial charge in [0, 0.05) is 27.8 Å². The summed E-state index contributed by atoms with van der Waals surface area (Å²) in [7, 11) is 0. The molecule has 2 fully saturated rings. The molecule has 3 N–H and O–H groups in total. The van der Waals surface area contributed by atoms with Crippen LogP contribution in [0.4, 0.5) is 5.69 Å². The fourth-order valence-electron chi connectivity index (χ4n) is 6.01. The Labute approximate surface area is 223 Å². The molecular formula is C28H23Cl2N3O4. The van der Waals surface area contributed by atoms with E-state index < -0.39 is 47.2 Å². The molecule has 5 atom stereocenters. The second-order valence-electron chi connectivity index (χ2n) is 9.69. The van der Waals surface area contributed by atoms with E-state index in [1.807, 2.05) is 30.3 Å². The third kappa shape index (κ3) is 3.68. The lowest BCUT2D eigenvalue weighted by molar-refractivity contribution is -0.143. The minimum atomic E-state index is -1.54. The lowest BCUT2D eigenvalue weighted by Crippen LogP contribution is -2.54. The fraction of sp³-hybridized carbons (Fsp3) is 0.250. The van der Waals surface area contributed by atoms with Crippen LogP contribution < -0.4 is 10.6 Å². The van der Waals surface area contributed by atoms with Crippen molar-refractivity contribution >= 4 is 46.6 Å². The van der Waals surface area contributed by atoms with E-state index in [0.717, 1.165) is 5.56 Å². The Bertz CT molecular complexity index is 1410. The summed E-state index contributed by atoms with van der Waals surface area (Å²) in [6.45, 7) is 0.179. The number of aliphatic hydroxyl groups excluding tert-OH is 1. The first-order chi connectivity index (χ1) is 17.8. The van der Waals surface area contributed by atoms with Gasteiger partial charge in [0.05, 0.1) is 24.0 Å². The zero-order chi connectivity index (χ0) is 25.9. The second kappa shape index (κ2) is 8.96. The van der Waals surface area contributed by atoms with Crippen LogP contribution >= 0.6 is 23.2 Å². The van der Waals surface area contributed by atoms with Gasteiger partial charge in [0.2, 0.25) is 17.7 Å². The average Bonchev–Trinajstić information content (AvgIpc) is 3.48. The predicted octanol–water partition coefficient (Wildman–Crippen LogP) is 3.69. The first kappa shape index (κ1) is 24.1. The number of likely N-dealkylation sites (tertiary alicyclic amines) is 1. The molecule has 0 bridgehead atoms. The smallest absolute Gasteiger partial charge is 0.250 e. The molecule has 0 aromatic heterocycles. The van der Waals surface area contributed by atoms with E-state index >= 15 is 0 Å². The standard InChI is InChI=1S/C28H23Cl2N3O4/c29-17-8-6-16(7-9-17)24(34)23-21-22(26(36)33(25(21)35)13-12-15-4-2-1-3-5-15)28(32-23)19-14-18(30)10-11-20(19)31-27(28)37/h1-11,14,21-24,32,34H,12-13H2,(H,31,37)/t21-,22-,23+,24-,28-/m1/s1. The van der Waals surface area contributed by atoms with Gasteiger partial charge in [-0.3, -0.25) is 24.6 Å². The number of carbonyl (C=O) groups excluding carboxylic acids is 3. The zero-order valence-corrected chi connectivity index (χ0v) is 21.0. The van der Waals surface area contributed by atoms with Crippen molar-refractivity contribution in [1.29, 1.82) is 0 Å². The van der Waals surface area contributed by atoms with Crippen LogP contribution in [0.3, 0.4) is 0 Å². The minimum absolute atomic E-state index is 0.179. The van der Waals surface area contributed by atoms with E-state index in [2.05, 4.69) is 10.6 Å². The number of carbonyl (C=O) groups is 3. The van der Waals surface area contributed by atoms with Gasteiger partial charge in [0.1, 0.15) is 5.54 Å². The molecule has 3 aromatic carbocycles. The van der Waals surface area contributed by atoms with Crippen LogP contribution in [0.5, 0.6) is 0 Å². The summed E-state index contributed by atoms with van der Waals surface area (Å²) >= 11 is 12.3. The summed E-state index contributed by atoms with van der Waals surface area (Å²) in [6, 6.07) is 20.3. The molecule has 37 heavy (non-hydrogen) atoms. The summed E-state index contributed by atoms with van der Waals surface area (Å²) in [5.74, 6) is -3.28. The predicted molar refractivity (Wildman–Crippen MR) is 139 cm³/mol. The number of amides is 3. The highest BCUT2D eigenvalue weighted by atomic mass is 35.5. The summed E-state index contributed by atoms with van der Waals surface area (Å²) in [5.41, 5.74) is 0.978. The lowest BCUT2D eigenvalue weighted by atomic mass is 9.76. The number of rotatable bonds is 5. The van der Waals surface area contributed by atoms with Gasteiger partial charge >= 0.3 is 0 Å². The molecule has 9 heteroatoms. The second-order valence-corrected chi connectivity index (χ2v) is 10.6. The van der Waals surface area contributed by atoms with E-state index in [0.29, 0.717) is 33.3 Å². The number of aliphatic hydroxyl groups is 1. The Morgan fingerprint density at radius 1 is 0.919 bits per heavy atom. The Hall–Kier alpha value is -3.23. The molecular weight excluding hydrogens is 513 g/mol. The van der Waals surface area contributed by atoms with Gasteiger partial charge in [0.25, 0.3) is 0 Å². The molecule has 0 aliphatic carbocycles.